The Bertz CT molecular complexity index is 827. The maximum Gasteiger partial charge on any atom is 0.134 e. The van der Waals surface area contributed by atoms with Crippen LogP contribution >= 0.6 is 0 Å². The molecule has 4 aliphatic rings. The van der Waals surface area contributed by atoms with Crippen LogP contribution < -0.4 is 0 Å². The Balaban J connectivity index is 1.48. The molecule has 2 N–H and O–H groups in total. The second-order valence-electron chi connectivity index (χ2n) is 9.90. The molecular weight excluding hydrogens is 334 g/mol. The van der Waals surface area contributed by atoms with E-state index < -0.39 is 0 Å². The topological polar surface area (TPSA) is 53.4 Å². The number of rotatable bonds is 1. The van der Waals surface area contributed by atoms with Gasteiger partial charge in [0, 0.05) is 6.20 Å². The lowest BCUT2D eigenvalue weighted by molar-refractivity contribution is -0.0238. The summed E-state index contributed by atoms with van der Waals surface area (Å²) in [5.74, 6) is 2.41. The molecule has 0 bridgehead atoms. The van der Waals surface area contributed by atoms with Crippen molar-refractivity contribution in [2.24, 2.45) is 28.6 Å². The Hall–Kier alpha value is -1.61. The SMILES string of the molecule is CC12CCC(O)CC1=CCC1C2CCC2(C)C(c3cncc(O)c3)=CCC12. The third-order valence-corrected chi connectivity index (χ3v) is 8.69. The average Bonchev–Trinajstić information content (AvgIpc) is 2.99. The highest BCUT2D eigenvalue weighted by molar-refractivity contribution is 5.73. The highest BCUT2D eigenvalue weighted by atomic mass is 16.3. The van der Waals surface area contributed by atoms with E-state index in [1.54, 1.807) is 0 Å². The molecule has 6 unspecified atom stereocenters. The zero-order valence-corrected chi connectivity index (χ0v) is 16.5. The molecule has 0 saturated heterocycles. The number of aliphatic hydroxyl groups is 1. The first-order chi connectivity index (χ1) is 12.9. The molecule has 0 aliphatic heterocycles. The van der Waals surface area contributed by atoms with Gasteiger partial charge in [0.2, 0.25) is 0 Å². The van der Waals surface area contributed by atoms with Crippen molar-refractivity contribution in [3.05, 3.63) is 41.7 Å². The lowest BCUT2D eigenvalue weighted by Gasteiger charge is -2.57. The third kappa shape index (κ3) is 2.47. The molecule has 27 heavy (non-hydrogen) atoms. The van der Waals surface area contributed by atoms with E-state index in [1.807, 2.05) is 12.3 Å². The molecule has 6 atom stereocenters. The van der Waals surface area contributed by atoms with Crippen molar-refractivity contribution in [1.82, 2.24) is 4.98 Å². The first kappa shape index (κ1) is 17.5. The Morgan fingerprint density at radius 2 is 1.81 bits per heavy atom. The molecule has 0 amide bonds. The van der Waals surface area contributed by atoms with E-state index in [2.05, 4.69) is 31.0 Å². The second kappa shape index (κ2) is 5.94. The van der Waals surface area contributed by atoms with E-state index in [1.165, 1.54) is 36.6 Å². The average molecular weight is 366 g/mol. The third-order valence-electron chi connectivity index (χ3n) is 8.69. The van der Waals surface area contributed by atoms with Gasteiger partial charge in [0.1, 0.15) is 5.75 Å². The number of allylic oxidation sites excluding steroid dienone is 3. The molecule has 1 heterocycles. The van der Waals surface area contributed by atoms with Crippen molar-refractivity contribution >= 4 is 5.57 Å². The molecule has 0 aromatic carbocycles. The molecule has 3 heteroatoms. The molecule has 0 spiro atoms. The zero-order valence-electron chi connectivity index (χ0n) is 16.5. The van der Waals surface area contributed by atoms with E-state index in [9.17, 15) is 10.2 Å². The van der Waals surface area contributed by atoms with Crippen molar-refractivity contribution in [2.45, 2.75) is 64.9 Å². The summed E-state index contributed by atoms with van der Waals surface area (Å²) in [5.41, 5.74) is 4.51. The van der Waals surface area contributed by atoms with Crippen molar-refractivity contribution in [3.63, 3.8) is 0 Å². The largest absolute Gasteiger partial charge is 0.506 e. The lowest BCUT2D eigenvalue weighted by atomic mass is 9.47. The van der Waals surface area contributed by atoms with Crippen LogP contribution in [0.4, 0.5) is 0 Å². The van der Waals surface area contributed by atoms with Gasteiger partial charge in [0.25, 0.3) is 0 Å². The Labute approximate surface area is 162 Å². The Morgan fingerprint density at radius 1 is 1.00 bits per heavy atom. The highest BCUT2D eigenvalue weighted by Crippen LogP contribution is 2.66. The van der Waals surface area contributed by atoms with Gasteiger partial charge < -0.3 is 10.2 Å². The lowest BCUT2D eigenvalue weighted by Crippen LogP contribution is -2.49. The molecule has 3 nitrogen and oxygen atoms in total. The fourth-order valence-electron chi connectivity index (χ4n) is 7.23. The van der Waals surface area contributed by atoms with Gasteiger partial charge in [0.05, 0.1) is 12.3 Å². The van der Waals surface area contributed by atoms with Crippen LogP contribution in [0.2, 0.25) is 0 Å². The molecule has 5 rings (SSSR count). The summed E-state index contributed by atoms with van der Waals surface area (Å²) < 4.78 is 0. The van der Waals surface area contributed by atoms with Crippen LogP contribution in [0.25, 0.3) is 5.57 Å². The summed E-state index contributed by atoms with van der Waals surface area (Å²) in [6.45, 7) is 4.93. The van der Waals surface area contributed by atoms with Crippen LogP contribution in [0.15, 0.2) is 36.2 Å². The van der Waals surface area contributed by atoms with Gasteiger partial charge in [-0.25, -0.2) is 0 Å². The normalized spacial score (nSPS) is 43.2. The van der Waals surface area contributed by atoms with E-state index in [0.29, 0.717) is 11.3 Å². The van der Waals surface area contributed by atoms with Crippen LogP contribution in [0.3, 0.4) is 0 Å². The maximum absolute atomic E-state index is 10.2. The van der Waals surface area contributed by atoms with Gasteiger partial charge in [-0.3, -0.25) is 4.98 Å². The zero-order chi connectivity index (χ0) is 18.8. The van der Waals surface area contributed by atoms with Crippen LogP contribution in [-0.2, 0) is 0 Å². The molecule has 2 fully saturated rings. The van der Waals surface area contributed by atoms with Crippen LogP contribution in [0.1, 0.15) is 64.4 Å². The highest BCUT2D eigenvalue weighted by Gasteiger charge is 2.56. The molecule has 4 aliphatic carbocycles. The summed E-state index contributed by atoms with van der Waals surface area (Å²) in [5, 5.41) is 20.1. The molecule has 1 aromatic heterocycles. The second-order valence-corrected chi connectivity index (χ2v) is 9.90. The minimum absolute atomic E-state index is 0.132. The summed E-state index contributed by atoms with van der Waals surface area (Å²) in [6, 6.07) is 1.88. The summed E-state index contributed by atoms with van der Waals surface area (Å²) in [4.78, 5) is 4.23. The van der Waals surface area contributed by atoms with Gasteiger partial charge in [-0.1, -0.05) is 31.6 Å². The van der Waals surface area contributed by atoms with Gasteiger partial charge in [-0.15, -0.1) is 0 Å². The van der Waals surface area contributed by atoms with Crippen LogP contribution in [-0.4, -0.2) is 21.3 Å². The number of hydrogen-bond acceptors (Lipinski definition) is 3. The van der Waals surface area contributed by atoms with E-state index in [-0.39, 0.29) is 17.3 Å². The number of pyridine rings is 1. The predicted octanol–water partition coefficient (Wildman–Crippen LogP) is 5.10. The fourth-order valence-corrected chi connectivity index (χ4v) is 7.23. The number of nitrogens with zero attached hydrogens (tertiary/aromatic N) is 1. The maximum atomic E-state index is 10.2. The minimum atomic E-state index is -0.132. The van der Waals surface area contributed by atoms with E-state index >= 15 is 0 Å². The van der Waals surface area contributed by atoms with Crippen molar-refractivity contribution in [1.29, 1.82) is 0 Å². The number of aliphatic hydroxyl groups excluding tert-OH is 1. The number of hydrogen-bond donors (Lipinski definition) is 2. The number of aromatic nitrogens is 1. The van der Waals surface area contributed by atoms with Crippen molar-refractivity contribution in [2.75, 3.05) is 0 Å². The Morgan fingerprint density at radius 3 is 2.63 bits per heavy atom. The predicted molar refractivity (Wildman–Crippen MR) is 107 cm³/mol. The van der Waals surface area contributed by atoms with Crippen molar-refractivity contribution < 1.29 is 10.2 Å². The molecule has 1 aromatic rings. The molecule has 0 radical (unpaired) electrons. The Kier molecular flexibility index (Phi) is 3.85. The summed E-state index contributed by atoms with van der Waals surface area (Å²) in [6.07, 6.45) is 16.0. The standard InChI is InChI=1S/C24H31NO2/c1-23-9-7-17(26)12-16(23)3-4-19-21-6-5-20(15-11-18(27)14-25-13-15)24(21,2)10-8-22(19)23/h3,5,11,13-14,17,19,21-22,26-27H,4,6-10,12H2,1-2H3. The van der Waals surface area contributed by atoms with E-state index in [4.69, 9.17) is 0 Å². The summed E-state index contributed by atoms with van der Waals surface area (Å²) in [7, 11) is 0. The first-order valence-electron chi connectivity index (χ1n) is 10.6. The van der Waals surface area contributed by atoms with Crippen LogP contribution in [0.5, 0.6) is 5.75 Å². The van der Waals surface area contributed by atoms with Gasteiger partial charge in [-0.05, 0) is 90.7 Å². The smallest absolute Gasteiger partial charge is 0.134 e. The quantitative estimate of drug-likeness (QED) is 0.681. The molecule has 2 saturated carbocycles. The summed E-state index contributed by atoms with van der Waals surface area (Å²) >= 11 is 0. The minimum Gasteiger partial charge on any atom is -0.506 e. The van der Waals surface area contributed by atoms with Gasteiger partial charge in [0.15, 0.2) is 0 Å². The number of aromatic hydroxyl groups is 1. The fraction of sp³-hybridized carbons (Fsp3) is 0.625. The van der Waals surface area contributed by atoms with Crippen molar-refractivity contribution in [3.8, 4) is 5.75 Å². The first-order valence-corrected chi connectivity index (χ1v) is 10.6. The molecule has 144 valence electrons. The molecular formula is C24H31NO2. The van der Waals surface area contributed by atoms with Gasteiger partial charge in [-0.2, -0.15) is 0 Å². The number of fused-ring (bicyclic) bond motifs is 5. The van der Waals surface area contributed by atoms with Gasteiger partial charge >= 0.3 is 0 Å². The van der Waals surface area contributed by atoms with E-state index in [0.717, 1.165) is 43.1 Å². The monoisotopic (exact) mass is 365 g/mol. The van der Waals surface area contributed by atoms with Crippen LogP contribution in [0, 0.1) is 28.6 Å².